The lowest BCUT2D eigenvalue weighted by Crippen LogP contribution is -2.02. The largest absolute Gasteiger partial charge is 0.330 e. The van der Waals surface area contributed by atoms with Crippen molar-refractivity contribution in [3.8, 4) is 0 Å². The van der Waals surface area contributed by atoms with Gasteiger partial charge in [0.2, 0.25) is 0 Å². The molecule has 1 unspecified atom stereocenters. The maximum Gasteiger partial charge on any atom is 0.0618 e. The molecule has 0 aromatic carbocycles. The average Bonchev–Trinajstić information content (AvgIpc) is 3.05. The van der Waals surface area contributed by atoms with E-state index in [2.05, 4.69) is 75.5 Å². The van der Waals surface area contributed by atoms with E-state index >= 15 is 0 Å². The smallest absolute Gasteiger partial charge is 0.0618 e. The van der Waals surface area contributed by atoms with E-state index in [4.69, 9.17) is 10.7 Å². The Morgan fingerprint density at radius 3 is 2.53 bits per heavy atom. The second-order valence-electron chi connectivity index (χ2n) is 7.31. The standard InChI is InChI=1S/C26H40N2.C2H6/c1-4-15-23(17-11-9-10-14-20-27)21-25(6-3)26(16-5-2)28-22-24-18-12-7-8-13-19-24;1-2/h4,6-8,12-13,15-16,18,22-23H,5,9-11,14,17,19-21,27H2,1-3H3;1-2H3/b15-4?,25-6-,26-16+,28-22?;. The van der Waals surface area contributed by atoms with Gasteiger partial charge in [0.05, 0.1) is 5.70 Å². The molecule has 30 heavy (non-hydrogen) atoms. The van der Waals surface area contributed by atoms with E-state index in [0.29, 0.717) is 5.92 Å². The zero-order valence-electron chi connectivity index (χ0n) is 20.2. The van der Waals surface area contributed by atoms with Crippen LogP contribution in [-0.2, 0) is 0 Å². The summed E-state index contributed by atoms with van der Waals surface area (Å²) in [4.78, 5) is 4.88. The van der Waals surface area contributed by atoms with Gasteiger partial charge in [-0.2, -0.15) is 0 Å². The maximum atomic E-state index is 5.61. The first-order valence-electron chi connectivity index (χ1n) is 12.0. The van der Waals surface area contributed by atoms with Crippen molar-refractivity contribution >= 4 is 6.21 Å². The molecule has 0 spiro atoms. The fraction of sp³-hybridized carbons (Fsp3) is 0.536. The van der Waals surface area contributed by atoms with Gasteiger partial charge in [-0.25, -0.2) is 0 Å². The van der Waals surface area contributed by atoms with E-state index in [1.54, 1.807) is 0 Å². The first-order valence-corrected chi connectivity index (χ1v) is 12.0. The molecule has 1 aliphatic rings. The van der Waals surface area contributed by atoms with Crippen LogP contribution in [0.15, 0.2) is 76.5 Å². The van der Waals surface area contributed by atoms with Crippen molar-refractivity contribution in [2.24, 2.45) is 16.6 Å². The minimum atomic E-state index is 0.576. The number of nitrogens with two attached hydrogens (primary N) is 1. The molecule has 0 saturated carbocycles. The van der Waals surface area contributed by atoms with Gasteiger partial charge < -0.3 is 5.73 Å². The first kappa shape index (κ1) is 28.1. The molecule has 2 N–H and O–H groups in total. The van der Waals surface area contributed by atoms with Crippen LogP contribution in [0.2, 0.25) is 0 Å². The summed E-state index contributed by atoms with van der Waals surface area (Å²) in [5.41, 5.74) is 9.32. The molecule has 1 rings (SSSR count). The number of hydrogen-bond acceptors (Lipinski definition) is 2. The lowest BCUT2D eigenvalue weighted by molar-refractivity contribution is 0.523. The highest BCUT2D eigenvalue weighted by Crippen LogP contribution is 2.26. The second kappa shape index (κ2) is 20.3. The number of nitrogens with zero attached hydrogens (tertiary/aromatic N) is 1. The molecule has 0 aliphatic heterocycles. The Labute approximate surface area is 187 Å². The van der Waals surface area contributed by atoms with Gasteiger partial charge in [-0.3, -0.25) is 4.99 Å². The minimum absolute atomic E-state index is 0.576. The summed E-state index contributed by atoms with van der Waals surface area (Å²) in [5, 5.41) is 0. The molecule has 0 fully saturated rings. The molecule has 0 saturated heterocycles. The second-order valence-corrected chi connectivity index (χ2v) is 7.31. The summed E-state index contributed by atoms with van der Waals surface area (Å²) in [6.45, 7) is 11.3. The highest BCUT2D eigenvalue weighted by Gasteiger charge is 2.11. The predicted octanol–water partition coefficient (Wildman–Crippen LogP) is 8.26. The van der Waals surface area contributed by atoms with Crippen LogP contribution in [0.25, 0.3) is 0 Å². The van der Waals surface area contributed by atoms with Gasteiger partial charge in [-0.1, -0.05) is 94.7 Å². The van der Waals surface area contributed by atoms with Crippen LogP contribution in [0, 0.1) is 5.92 Å². The Kier molecular flexibility index (Phi) is 19.0. The average molecular weight is 411 g/mol. The molecule has 2 heteroatoms. The normalized spacial score (nSPS) is 15.9. The SMILES string of the molecule is CC.CC=CC(CCCCCCN)CC(=C/C)/C(=C\CC)N=CC1=CC=CC=CC1. The van der Waals surface area contributed by atoms with Crippen molar-refractivity contribution in [1.82, 2.24) is 0 Å². The molecule has 1 aliphatic carbocycles. The predicted molar refractivity (Wildman–Crippen MR) is 138 cm³/mol. The Morgan fingerprint density at radius 2 is 1.87 bits per heavy atom. The molecular formula is C28H46N2. The van der Waals surface area contributed by atoms with Crippen molar-refractivity contribution in [3.05, 3.63) is 71.5 Å². The number of rotatable bonds is 13. The van der Waals surface area contributed by atoms with Crippen molar-refractivity contribution in [1.29, 1.82) is 0 Å². The minimum Gasteiger partial charge on any atom is -0.330 e. The fourth-order valence-electron chi connectivity index (χ4n) is 3.40. The topological polar surface area (TPSA) is 38.4 Å². The van der Waals surface area contributed by atoms with E-state index in [0.717, 1.165) is 37.9 Å². The first-order chi connectivity index (χ1) is 14.7. The van der Waals surface area contributed by atoms with Crippen LogP contribution in [0.1, 0.15) is 86.0 Å². The number of aliphatic imine (C=N–C) groups is 1. The van der Waals surface area contributed by atoms with Crippen LogP contribution in [-0.4, -0.2) is 12.8 Å². The summed E-state index contributed by atoms with van der Waals surface area (Å²) in [6.07, 6.45) is 30.8. The third-order valence-corrected chi connectivity index (χ3v) is 4.94. The Balaban J connectivity index is 0.00000407. The molecular weight excluding hydrogens is 364 g/mol. The van der Waals surface area contributed by atoms with Gasteiger partial charge in [0.1, 0.15) is 0 Å². The molecule has 0 amide bonds. The van der Waals surface area contributed by atoms with Gasteiger partial charge >= 0.3 is 0 Å². The molecule has 2 nitrogen and oxygen atoms in total. The van der Waals surface area contributed by atoms with E-state index in [-0.39, 0.29) is 0 Å². The van der Waals surface area contributed by atoms with Crippen molar-refractivity contribution < 1.29 is 0 Å². The summed E-state index contributed by atoms with van der Waals surface area (Å²) >= 11 is 0. The molecule has 0 heterocycles. The third-order valence-electron chi connectivity index (χ3n) is 4.94. The van der Waals surface area contributed by atoms with Crippen LogP contribution in [0.3, 0.4) is 0 Å². The monoisotopic (exact) mass is 410 g/mol. The van der Waals surface area contributed by atoms with E-state index in [1.165, 1.54) is 36.8 Å². The van der Waals surface area contributed by atoms with Gasteiger partial charge in [-0.05, 0) is 69.6 Å². The highest BCUT2D eigenvalue weighted by molar-refractivity contribution is 5.81. The van der Waals surface area contributed by atoms with Gasteiger partial charge in [-0.15, -0.1) is 0 Å². The molecule has 0 radical (unpaired) electrons. The quantitative estimate of drug-likeness (QED) is 0.141. The number of allylic oxidation sites excluding steroid dienone is 11. The summed E-state index contributed by atoms with van der Waals surface area (Å²) in [5.74, 6) is 0.576. The number of unbranched alkanes of at least 4 members (excludes halogenated alkanes) is 3. The molecule has 0 aromatic rings. The van der Waals surface area contributed by atoms with Crippen LogP contribution >= 0.6 is 0 Å². The molecule has 1 atom stereocenters. The fourth-order valence-corrected chi connectivity index (χ4v) is 3.40. The third kappa shape index (κ3) is 13.3. The Bertz CT molecular complexity index is 627. The maximum absolute atomic E-state index is 5.61. The molecule has 0 aromatic heterocycles. The van der Waals surface area contributed by atoms with Crippen molar-refractivity contribution in [3.63, 3.8) is 0 Å². The lowest BCUT2D eigenvalue weighted by atomic mass is 9.91. The molecule has 0 bridgehead atoms. The Morgan fingerprint density at radius 1 is 1.10 bits per heavy atom. The van der Waals surface area contributed by atoms with Crippen LogP contribution < -0.4 is 5.73 Å². The summed E-state index contributed by atoms with van der Waals surface area (Å²) in [7, 11) is 0. The summed E-state index contributed by atoms with van der Waals surface area (Å²) < 4.78 is 0. The molecule has 168 valence electrons. The van der Waals surface area contributed by atoms with Crippen LogP contribution in [0.5, 0.6) is 0 Å². The zero-order valence-corrected chi connectivity index (χ0v) is 20.2. The Hall–Kier alpha value is -1.93. The van der Waals surface area contributed by atoms with Crippen LogP contribution in [0.4, 0.5) is 0 Å². The number of hydrogen-bond donors (Lipinski definition) is 1. The van der Waals surface area contributed by atoms with Gasteiger partial charge in [0, 0.05) is 6.21 Å². The van der Waals surface area contributed by atoms with Crippen molar-refractivity contribution in [2.75, 3.05) is 6.54 Å². The van der Waals surface area contributed by atoms with E-state index < -0.39 is 0 Å². The zero-order chi connectivity index (χ0) is 22.5. The van der Waals surface area contributed by atoms with E-state index in [1.807, 2.05) is 20.1 Å². The van der Waals surface area contributed by atoms with Crippen molar-refractivity contribution in [2.45, 2.75) is 86.0 Å². The highest BCUT2D eigenvalue weighted by atomic mass is 14.7. The summed E-state index contributed by atoms with van der Waals surface area (Å²) in [6, 6.07) is 0. The van der Waals surface area contributed by atoms with Gasteiger partial charge in [0.25, 0.3) is 0 Å². The van der Waals surface area contributed by atoms with E-state index in [9.17, 15) is 0 Å². The lowest BCUT2D eigenvalue weighted by Gasteiger charge is -2.16. The van der Waals surface area contributed by atoms with Gasteiger partial charge in [0.15, 0.2) is 0 Å².